The number of rotatable bonds is 2. The van der Waals surface area contributed by atoms with Crippen molar-refractivity contribution in [3.05, 3.63) is 63.3 Å². The second-order valence-electron chi connectivity index (χ2n) is 7.35. The third-order valence-corrected chi connectivity index (χ3v) is 5.94. The molecule has 1 atom stereocenters. The Kier molecular flexibility index (Phi) is 3.82. The number of aromatic nitrogens is 3. The van der Waals surface area contributed by atoms with Crippen LogP contribution in [0.4, 0.5) is 4.39 Å². The normalized spacial score (nSPS) is 19.4. The number of benzene rings is 1. The molecule has 3 aromatic rings. The lowest BCUT2D eigenvalue weighted by Crippen LogP contribution is -2.39. The molecule has 0 N–H and O–H groups in total. The molecule has 1 aliphatic heterocycles. The van der Waals surface area contributed by atoms with Crippen LogP contribution in [0, 0.1) is 5.82 Å². The van der Waals surface area contributed by atoms with Gasteiger partial charge in [-0.2, -0.15) is 5.10 Å². The summed E-state index contributed by atoms with van der Waals surface area (Å²) in [5, 5.41) is 4.45. The summed E-state index contributed by atoms with van der Waals surface area (Å²) in [4.78, 5) is 19.6. The van der Waals surface area contributed by atoms with Crippen molar-refractivity contribution in [2.24, 2.45) is 0 Å². The van der Waals surface area contributed by atoms with Crippen LogP contribution in [0.2, 0.25) is 0 Å². The van der Waals surface area contributed by atoms with Gasteiger partial charge in [-0.15, -0.1) is 0 Å². The van der Waals surface area contributed by atoms with Crippen LogP contribution in [0.1, 0.15) is 59.0 Å². The summed E-state index contributed by atoms with van der Waals surface area (Å²) in [6.45, 7) is 2.55. The average molecular weight is 429 g/mol. The van der Waals surface area contributed by atoms with Crippen molar-refractivity contribution in [2.45, 2.75) is 38.1 Å². The Morgan fingerprint density at radius 2 is 2.07 bits per heavy atom. The summed E-state index contributed by atoms with van der Waals surface area (Å²) in [7, 11) is 0. The molecule has 1 aliphatic carbocycles. The minimum atomic E-state index is -0.269. The molecule has 5 nitrogen and oxygen atoms in total. The van der Waals surface area contributed by atoms with Crippen LogP contribution >= 0.6 is 15.9 Å². The van der Waals surface area contributed by atoms with Crippen molar-refractivity contribution in [3.8, 4) is 0 Å². The average Bonchev–Trinajstić information content (AvgIpc) is 3.42. The number of hydrogen-bond donors (Lipinski definition) is 0. The van der Waals surface area contributed by atoms with Crippen molar-refractivity contribution in [3.63, 3.8) is 0 Å². The highest BCUT2D eigenvalue weighted by molar-refractivity contribution is 9.10. The number of nitrogens with zero attached hydrogens (tertiary/aromatic N) is 4. The van der Waals surface area contributed by atoms with E-state index in [9.17, 15) is 9.18 Å². The van der Waals surface area contributed by atoms with Crippen LogP contribution in [-0.4, -0.2) is 31.9 Å². The summed E-state index contributed by atoms with van der Waals surface area (Å²) in [5.74, 6) is 0.0520. The molecule has 27 heavy (non-hydrogen) atoms. The Balaban J connectivity index is 1.54. The van der Waals surface area contributed by atoms with E-state index in [0.29, 0.717) is 28.4 Å². The second-order valence-corrected chi connectivity index (χ2v) is 8.16. The lowest BCUT2D eigenvalue weighted by atomic mass is 9.93. The van der Waals surface area contributed by atoms with Gasteiger partial charge in [0.1, 0.15) is 16.1 Å². The van der Waals surface area contributed by atoms with Gasteiger partial charge in [-0.25, -0.2) is 13.9 Å². The van der Waals surface area contributed by atoms with E-state index >= 15 is 0 Å². The van der Waals surface area contributed by atoms with Crippen molar-refractivity contribution in [2.75, 3.05) is 6.54 Å². The van der Waals surface area contributed by atoms with Gasteiger partial charge in [-0.3, -0.25) is 4.79 Å². The van der Waals surface area contributed by atoms with Gasteiger partial charge in [-0.05, 0) is 71.4 Å². The lowest BCUT2D eigenvalue weighted by molar-refractivity contribution is 0.0671. The zero-order chi connectivity index (χ0) is 18.7. The van der Waals surface area contributed by atoms with Gasteiger partial charge in [0, 0.05) is 24.2 Å². The predicted octanol–water partition coefficient (Wildman–Crippen LogP) is 4.27. The SMILES string of the molecule is CC1c2cc(F)ccc2CCN1C(=O)c1cc(C2CC2)n2nc(Br)cc2n1. The van der Waals surface area contributed by atoms with Crippen LogP contribution in [0.3, 0.4) is 0 Å². The van der Waals surface area contributed by atoms with Gasteiger partial charge < -0.3 is 4.90 Å². The first-order valence-electron chi connectivity index (χ1n) is 9.17. The number of carbonyl (C=O) groups excluding carboxylic acids is 1. The molecule has 0 radical (unpaired) electrons. The molecular weight excluding hydrogens is 411 g/mol. The molecule has 1 unspecified atom stereocenters. The standard InChI is InChI=1S/C20H18BrFN4O/c1-11-15-8-14(22)5-4-12(15)6-7-25(11)20(27)16-9-17(13-2-3-13)26-19(23-16)10-18(21)24-26/h4-5,8-11,13H,2-3,6-7H2,1H3. The molecule has 3 heterocycles. The first-order chi connectivity index (χ1) is 13.0. The van der Waals surface area contributed by atoms with Crippen molar-refractivity contribution >= 4 is 27.5 Å². The first kappa shape index (κ1) is 16.9. The summed E-state index contributed by atoms with van der Waals surface area (Å²) in [6, 6.07) is 8.36. The van der Waals surface area contributed by atoms with Crippen molar-refractivity contribution < 1.29 is 9.18 Å². The van der Waals surface area contributed by atoms with Crippen LogP contribution < -0.4 is 0 Å². The van der Waals surface area contributed by atoms with Crippen molar-refractivity contribution in [1.82, 2.24) is 19.5 Å². The third kappa shape index (κ3) is 2.84. The van der Waals surface area contributed by atoms with Crippen molar-refractivity contribution in [1.29, 1.82) is 0 Å². The van der Waals surface area contributed by atoms with E-state index < -0.39 is 0 Å². The summed E-state index contributed by atoms with van der Waals surface area (Å²) >= 11 is 3.40. The van der Waals surface area contributed by atoms with Crippen LogP contribution in [0.5, 0.6) is 0 Å². The van der Waals surface area contributed by atoms with E-state index in [1.807, 2.05) is 29.6 Å². The van der Waals surface area contributed by atoms with E-state index in [0.717, 1.165) is 36.1 Å². The molecule has 0 saturated heterocycles. The molecule has 2 aliphatic rings. The highest BCUT2D eigenvalue weighted by Crippen LogP contribution is 2.40. The molecule has 7 heteroatoms. The molecule has 138 valence electrons. The summed E-state index contributed by atoms with van der Waals surface area (Å²) in [5.41, 5.74) is 4.12. The zero-order valence-electron chi connectivity index (χ0n) is 14.8. The van der Waals surface area contributed by atoms with Gasteiger partial charge in [0.2, 0.25) is 0 Å². The summed E-state index contributed by atoms with van der Waals surface area (Å²) in [6.07, 6.45) is 2.94. The number of fused-ring (bicyclic) bond motifs is 2. The fourth-order valence-corrected chi connectivity index (χ4v) is 4.32. The molecule has 1 saturated carbocycles. The van der Waals surface area contributed by atoms with Crippen LogP contribution in [0.15, 0.2) is 34.9 Å². The molecule has 0 spiro atoms. The minimum Gasteiger partial charge on any atom is -0.330 e. The maximum atomic E-state index is 13.7. The highest BCUT2D eigenvalue weighted by Gasteiger charge is 2.32. The van der Waals surface area contributed by atoms with E-state index in [2.05, 4.69) is 26.0 Å². The number of carbonyl (C=O) groups is 1. The topological polar surface area (TPSA) is 50.5 Å². The molecule has 1 amide bonds. The second kappa shape index (κ2) is 6.12. The Bertz CT molecular complexity index is 1080. The third-order valence-electron chi connectivity index (χ3n) is 5.55. The molecule has 0 bridgehead atoms. The van der Waals surface area contributed by atoms with E-state index in [1.54, 1.807) is 11.0 Å². The van der Waals surface area contributed by atoms with E-state index in [-0.39, 0.29) is 17.8 Å². The van der Waals surface area contributed by atoms with Crippen LogP contribution in [0.25, 0.3) is 5.65 Å². The number of amides is 1. The first-order valence-corrected chi connectivity index (χ1v) is 9.96. The molecular formula is C20H18BrFN4O. The Morgan fingerprint density at radius 1 is 1.26 bits per heavy atom. The quantitative estimate of drug-likeness (QED) is 0.612. The lowest BCUT2D eigenvalue weighted by Gasteiger charge is -2.35. The fraction of sp³-hybridized carbons (Fsp3) is 0.350. The minimum absolute atomic E-state index is 0.112. The summed E-state index contributed by atoms with van der Waals surface area (Å²) < 4.78 is 16.2. The van der Waals surface area contributed by atoms with Gasteiger partial charge >= 0.3 is 0 Å². The van der Waals surface area contributed by atoms with Gasteiger partial charge in [-0.1, -0.05) is 6.07 Å². The smallest absolute Gasteiger partial charge is 0.273 e. The van der Waals surface area contributed by atoms with Crippen LogP contribution in [-0.2, 0) is 6.42 Å². The van der Waals surface area contributed by atoms with Gasteiger partial charge in [0.15, 0.2) is 5.65 Å². The monoisotopic (exact) mass is 428 g/mol. The fourth-order valence-electron chi connectivity index (χ4n) is 3.96. The van der Waals surface area contributed by atoms with Gasteiger partial charge in [0.25, 0.3) is 5.91 Å². The highest BCUT2D eigenvalue weighted by atomic mass is 79.9. The largest absolute Gasteiger partial charge is 0.330 e. The predicted molar refractivity (Wildman–Crippen MR) is 102 cm³/mol. The Hall–Kier alpha value is -2.28. The maximum Gasteiger partial charge on any atom is 0.273 e. The van der Waals surface area contributed by atoms with Gasteiger partial charge in [0.05, 0.1) is 6.04 Å². The zero-order valence-corrected chi connectivity index (χ0v) is 16.4. The molecule has 1 aromatic carbocycles. The molecule has 1 fully saturated rings. The van der Waals surface area contributed by atoms with E-state index in [1.165, 1.54) is 6.07 Å². The molecule has 5 rings (SSSR count). The Labute approximate surface area is 164 Å². The number of hydrogen-bond acceptors (Lipinski definition) is 3. The Morgan fingerprint density at radius 3 is 2.85 bits per heavy atom. The molecule has 2 aromatic heterocycles. The van der Waals surface area contributed by atoms with E-state index in [4.69, 9.17) is 0 Å². The number of halogens is 2. The maximum absolute atomic E-state index is 13.7.